The van der Waals surface area contributed by atoms with Crippen molar-refractivity contribution in [1.82, 2.24) is 9.78 Å². The van der Waals surface area contributed by atoms with Crippen molar-refractivity contribution in [3.63, 3.8) is 0 Å². The minimum absolute atomic E-state index is 0.178. The molecule has 0 saturated carbocycles. The maximum absolute atomic E-state index is 6.56. The summed E-state index contributed by atoms with van der Waals surface area (Å²) in [6, 6.07) is 13.0. The number of nitrogens with zero attached hydrogens (tertiary/aromatic N) is 2. The van der Waals surface area contributed by atoms with Crippen molar-refractivity contribution in [3.05, 3.63) is 53.9 Å². The standard InChI is InChI=1S/C18H27N3/c1-4-14(2)18(15-8-6-5-7-9-15)17(19)11-10-16-12-13-20-21(16)3/h5-9,12-14,17-18H,4,10-11,19H2,1-3H3. The van der Waals surface area contributed by atoms with Crippen LogP contribution >= 0.6 is 0 Å². The smallest absolute Gasteiger partial charge is 0.0492 e. The molecule has 0 fully saturated rings. The van der Waals surface area contributed by atoms with Gasteiger partial charge in [0.15, 0.2) is 0 Å². The average molecular weight is 285 g/mol. The van der Waals surface area contributed by atoms with Gasteiger partial charge in [-0.05, 0) is 30.4 Å². The van der Waals surface area contributed by atoms with Crippen LogP contribution in [0.5, 0.6) is 0 Å². The van der Waals surface area contributed by atoms with Gasteiger partial charge in [-0.2, -0.15) is 5.10 Å². The van der Waals surface area contributed by atoms with Crippen molar-refractivity contribution in [2.45, 2.75) is 45.1 Å². The highest BCUT2D eigenvalue weighted by Gasteiger charge is 2.24. The molecule has 0 aliphatic rings. The number of hydrogen-bond acceptors (Lipinski definition) is 2. The van der Waals surface area contributed by atoms with Crippen LogP contribution in [-0.2, 0) is 13.5 Å². The Morgan fingerprint density at radius 2 is 1.90 bits per heavy atom. The van der Waals surface area contributed by atoms with Crippen LogP contribution in [0.1, 0.15) is 43.9 Å². The predicted octanol–water partition coefficient (Wildman–Crippen LogP) is 3.51. The lowest BCUT2D eigenvalue weighted by Crippen LogP contribution is -2.33. The Labute approximate surface area is 128 Å². The predicted molar refractivity (Wildman–Crippen MR) is 88.1 cm³/mol. The van der Waals surface area contributed by atoms with Gasteiger partial charge in [-0.3, -0.25) is 4.68 Å². The molecule has 0 bridgehead atoms. The van der Waals surface area contributed by atoms with Crippen molar-refractivity contribution in [3.8, 4) is 0 Å². The Balaban J connectivity index is 2.08. The fourth-order valence-corrected chi connectivity index (χ4v) is 3.07. The summed E-state index contributed by atoms with van der Waals surface area (Å²) in [6.07, 6.45) is 4.98. The molecule has 0 aliphatic heterocycles. The van der Waals surface area contributed by atoms with E-state index in [-0.39, 0.29) is 6.04 Å². The molecule has 0 saturated heterocycles. The van der Waals surface area contributed by atoms with E-state index in [2.05, 4.69) is 55.3 Å². The number of benzene rings is 1. The molecule has 1 heterocycles. The summed E-state index contributed by atoms with van der Waals surface area (Å²) in [5.41, 5.74) is 9.18. The molecule has 0 amide bonds. The van der Waals surface area contributed by atoms with Crippen molar-refractivity contribution >= 4 is 0 Å². The Kier molecular flexibility index (Phi) is 5.57. The third-order valence-electron chi connectivity index (χ3n) is 4.56. The molecule has 0 spiro atoms. The summed E-state index contributed by atoms with van der Waals surface area (Å²) >= 11 is 0. The first-order valence-corrected chi connectivity index (χ1v) is 7.90. The second-order valence-corrected chi connectivity index (χ2v) is 5.97. The molecule has 21 heavy (non-hydrogen) atoms. The van der Waals surface area contributed by atoms with Gasteiger partial charge >= 0.3 is 0 Å². The lowest BCUT2D eigenvalue weighted by atomic mass is 9.79. The van der Waals surface area contributed by atoms with Gasteiger partial charge in [0.2, 0.25) is 0 Å². The van der Waals surface area contributed by atoms with Crippen molar-refractivity contribution in [2.75, 3.05) is 0 Å². The van der Waals surface area contributed by atoms with Gasteiger partial charge in [0.25, 0.3) is 0 Å². The molecule has 1 aromatic carbocycles. The zero-order valence-electron chi connectivity index (χ0n) is 13.4. The van der Waals surface area contributed by atoms with E-state index in [1.54, 1.807) is 0 Å². The summed E-state index contributed by atoms with van der Waals surface area (Å²) in [7, 11) is 1.99. The normalized spacial score (nSPS) is 15.6. The van der Waals surface area contributed by atoms with Gasteiger partial charge in [-0.1, -0.05) is 50.6 Å². The number of nitrogens with two attached hydrogens (primary N) is 1. The van der Waals surface area contributed by atoms with Gasteiger partial charge in [0.1, 0.15) is 0 Å². The molecular formula is C18H27N3. The monoisotopic (exact) mass is 285 g/mol. The molecule has 3 unspecified atom stereocenters. The van der Waals surface area contributed by atoms with Crippen LogP contribution in [0.25, 0.3) is 0 Å². The highest BCUT2D eigenvalue weighted by molar-refractivity contribution is 5.22. The molecule has 0 radical (unpaired) electrons. The lowest BCUT2D eigenvalue weighted by Gasteiger charge is -2.29. The number of rotatable bonds is 7. The fraction of sp³-hybridized carbons (Fsp3) is 0.500. The van der Waals surface area contributed by atoms with E-state index in [4.69, 9.17) is 5.73 Å². The largest absolute Gasteiger partial charge is 0.327 e. The molecule has 2 rings (SSSR count). The minimum atomic E-state index is 0.178. The Morgan fingerprint density at radius 1 is 1.19 bits per heavy atom. The molecule has 2 aromatic rings. The Hall–Kier alpha value is -1.61. The Bertz CT molecular complexity index is 532. The molecule has 114 valence electrons. The van der Waals surface area contributed by atoms with E-state index in [1.807, 2.05) is 17.9 Å². The number of aromatic nitrogens is 2. The molecular weight excluding hydrogens is 258 g/mol. The van der Waals surface area contributed by atoms with E-state index in [9.17, 15) is 0 Å². The van der Waals surface area contributed by atoms with Gasteiger partial charge in [0, 0.05) is 30.9 Å². The molecule has 3 nitrogen and oxygen atoms in total. The van der Waals surface area contributed by atoms with E-state index in [0.29, 0.717) is 11.8 Å². The summed E-state index contributed by atoms with van der Waals surface area (Å²) < 4.78 is 1.94. The van der Waals surface area contributed by atoms with Gasteiger partial charge in [-0.25, -0.2) is 0 Å². The summed E-state index contributed by atoms with van der Waals surface area (Å²) in [4.78, 5) is 0. The molecule has 2 N–H and O–H groups in total. The fourth-order valence-electron chi connectivity index (χ4n) is 3.07. The highest BCUT2D eigenvalue weighted by atomic mass is 15.2. The van der Waals surface area contributed by atoms with E-state index < -0.39 is 0 Å². The summed E-state index contributed by atoms with van der Waals surface area (Å²) in [5, 5.41) is 4.22. The second-order valence-electron chi connectivity index (χ2n) is 5.97. The van der Waals surface area contributed by atoms with E-state index >= 15 is 0 Å². The minimum Gasteiger partial charge on any atom is -0.327 e. The van der Waals surface area contributed by atoms with Gasteiger partial charge in [0.05, 0.1) is 0 Å². The van der Waals surface area contributed by atoms with E-state index in [0.717, 1.165) is 19.3 Å². The molecule has 3 heteroatoms. The van der Waals surface area contributed by atoms with Crippen molar-refractivity contribution in [1.29, 1.82) is 0 Å². The van der Waals surface area contributed by atoms with E-state index in [1.165, 1.54) is 11.3 Å². The first-order valence-electron chi connectivity index (χ1n) is 7.90. The topological polar surface area (TPSA) is 43.8 Å². The Morgan fingerprint density at radius 3 is 2.48 bits per heavy atom. The quantitative estimate of drug-likeness (QED) is 0.846. The third kappa shape index (κ3) is 3.94. The van der Waals surface area contributed by atoms with Crippen molar-refractivity contribution in [2.24, 2.45) is 18.7 Å². The van der Waals surface area contributed by atoms with Crippen LogP contribution in [-0.4, -0.2) is 15.8 Å². The van der Waals surface area contributed by atoms with Crippen LogP contribution in [0.3, 0.4) is 0 Å². The zero-order valence-corrected chi connectivity index (χ0v) is 13.4. The molecule has 0 aliphatic carbocycles. The second kappa shape index (κ2) is 7.41. The third-order valence-corrected chi connectivity index (χ3v) is 4.56. The first kappa shape index (κ1) is 15.8. The summed E-state index contributed by atoms with van der Waals surface area (Å²) in [6.45, 7) is 4.55. The number of aryl methyl sites for hydroxylation is 2. The average Bonchev–Trinajstić information content (AvgIpc) is 2.91. The van der Waals surface area contributed by atoms with Crippen LogP contribution in [0.15, 0.2) is 42.6 Å². The molecule has 1 aromatic heterocycles. The lowest BCUT2D eigenvalue weighted by molar-refractivity contribution is 0.367. The van der Waals surface area contributed by atoms with Crippen LogP contribution < -0.4 is 5.73 Å². The maximum Gasteiger partial charge on any atom is 0.0492 e. The molecule has 3 atom stereocenters. The first-order chi connectivity index (χ1) is 10.1. The summed E-state index contributed by atoms with van der Waals surface area (Å²) in [5.74, 6) is 1.01. The van der Waals surface area contributed by atoms with Crippen LogP contribution in [0.4, 0.5) is 0 Å². The van der Waals surface area contributed by atoms with Gasteiger partial charge in [-0.15, -0.1) is 0 Å². The highest BCUT2D eigenvalue weighted by Crippen LogP contribution is 2.31. The van der Waals surface area contributed by atoms with Crippen molar-refractivity contribution < 1.29 is 0 Å². The maximum atomic E-state index is 6.56. The number of hydrogen-bond donors (Lipinski definition) is 1. The van der Waals surface area contributed by atoms with Crippen LogP contribution in [0, 0.1) is 5.92 Å². The van der Waals surface area contributed by atoms with Gasteiger partial charge < -0.3 is 5.73 Å². The zero-order chi connectivity index (χ0) is 15.2. The van der Waals surface area contributed by atoms with Crippen LogP contribution in [0.2, 0.25) is 0 Å². The SMILES string of the molecule is CCC(C)C(c1ccccc1)C(N)CCc1ccnn1C.